The Bertz CT molecular complexity index is 566. The van der Waals surface area contributed by atoms with Gasteiger partial charge in [0.15, 0.2) is 0 Å². The average molecular weight is 267 g/mol. The van der Waals surface area contributed by atoms with Crippen LogP contribution in [0.25, 0.3) is 0 Å². The second-order valence-corrected chi connectivity index (χ2v) is 4.77. The maximum Gasteiger partial charge on any atom is 0.216 e. The van der Waals surface area contributed by atoms with E-state index in [4.69, 9.17) is 9.47 Å². The van der Waals surface area contributed by atoms with E-state index in [1.807, 2.05) is 48.5 Å². The Morgan fingerprint density at radius 2 is 1.70 bits per heavy atom. The van der Waals surface area contributed by atoms with Crippen LogP contribution in [0.2, 0.25) is 0 Å². The van der Waals surface area contributed by atoms with Crippen LogP contribution in [-0.4, -0.2) is 25.2 Å². The van der Waals surface area contributed by atoms with Crippen molar-refractivity contribution in [3.8, 4) is 0 Å². The first-order valence-electron chi connectivity index (χ1n) is 6.79. The minimum Gasteiger partial charge on any atom is -0.475 e. The maximum absolute atomic E-state index is 5.70. The predicted octanol–water partition coefficient (Wildman–Crippen LogP) is 3.05. The van der Waals surface area contributed by atoms with Crippen molar-refractivity contribution in [2.75, 3.05) is 13.2 Å². The van der Waals surface area contributed by atoms with Crippen LogP contribution in [-0.2, 0) is 16.1 Å². The molecule has 0 aliphatic carbocycles. The third-order valence-corrected chi connectivity index (χ3v) is 3.15. The molecular weight excluding hydrogens is 250 g/mol. The lowest BCUT2D eigenvalue weighted by molar-refractivity contribution is 0.101. The van der Waals surface area contributed by atoms with Gasteiger partial charge < -0.3 is 9.47 Å². The molecule has 102 valence electrons. The number of hydrogen-bond acceptors (Lipinski definition) is 3. The van der Waals surface area contributed by atoms with E-state index in [2.05, 4.69) is 17.1 Å². The lowest BCUT2D eigenvalue weighted by Crippen LogP contribution is -2.14. The largest absolute Gasteiger partial charge is 0.475 e. The van der Waals surface area contributed by atoms with E-state index >= 15 is 0 Å². The number of nitrogens with zero attached hydrogens (tertiary/aromatic N) is 1. The molecule has 0 unspecified atom stereocenters. The van der Waals surface area contributed by atoms with Crippen molar-refractivity contribution in [2.45, 2.75) is 12.6 Å². The molecule has 2 aromatic carbocycles. The van der Waals surface area contributed by atoms with Crippen molar-refractivity contribution in [1.29, 1.82) is 0 Å². The van der Waals surface area contributed by atoms with Gasteiger partial charge in [0.2, 0.25) is 5.90 Å². The standard InChI is InChI=1S/C17H17NO2/c1-3-7-14(8-4-1)11-19-12-16-13-20-17(18-16)15-9-5-2-6-10-15/h1-10,16H,11-13H2/t16-/m1/s1. The molecule has 3 nitrogen and oxygen atoms in total. The molecule has 0 N–H and O–H groups in total. The zero-order valence-corrected chi connectivity index (χ0v) is 11.2. The highest BCUT2D eigenvalue weighted by molar-refractivity contribution is 5.95. The molecule has 0 spiro atoms. The van der Waals surface area contributed by atoms with Crippen LogP contribution in [0, 0.1) is 0 Å². The minimum atomic E-state index is 0.0916. The molecule has 1 aliphatic rings. The summed E-state index contributed by atoms with van der Waals surface area (Å²) in [4.78, 5) is 4.56. The molecule has 1 heterocycles. The summed E-state index contributed by atoms with van der Waals surface area (Å²) in [6.07, 6.45) is 0. The lowest BCUT2D eigenvalue weighted by Gasteiger charge is -2.06. The molecule has 2 aromatic rings. The molecular formula is C17H17NO2. The highest BCUT2D eigenvalue weighted by Gasteiger charge is 2.19. The fourth-order valence-corrected chi connectivity index (χ4v) is 2.13. The van der Waals surface area contributed by atoms with Crippen molar-refractivity contribution in [3.63, 3.8) is 0 Å². The summed E-state index contributed by atoms with van der Waals surface area (Å²) in [6.45, 7) is 1.80. The van der Waals surface area contributed by atoms with Crippen LogP contribution >= 0.6 is 0 Å². The molecule has 1 atom stereocenters. The number of aliphatic imine (C=N–C) groups is 1. The van der Waals surface area contributed by atoms with Crippen LogP contribution in [0.3, 0.4) is 0 Å². The SMILES string of the molecule is c1ccc(COC[C@@H]2COC(c3ccccc3)=N2)cc1. The summed E-state index contributed by atoms with van der Waals surface area (Å²) in [6, 6.07) is 20.2. The minimum absolute atomic E-state index is 0.0916. The first kappa shape index (κ1) is 12.9. The third kappa shape index (κ3) is 3.25. The van der Waals surface area contributed by atoms with Crippen LogP contribution in [0.15, 0.2) is 65.7 Å². The normalized spacial score (nSPS) is 17.6. The van der Waals surface area contributed by atoms with Gasteiger partial charge >= 0.3 is 0 Å². The fourth-order valence-electron chi connectivity index (χ4n) is 2.13. The van der Waals surface area contributed by atoms with Crippen LogP contribution in [0.1, 0.15) is 11.1 Å². The molecule has 20 heavy (non-hydrogen) atoms. The van der Waals surface area contributed by atoms with Crippen molar-refractivity contribution < 1.29 is 9.47 Å². The van der Waals surface area contributed by atoms with Gasteiger partial charge in [-0.2, -0.15) is 0 Å². The van der Waals surface area contributed by atoms with Gasteiger partial charge in [0.1, 0.15) is 12.6 Å². The Balaban J connectivity index is 1.51. The van der Waals surface area contributed by atoms with E-state index in [1.54, 1.807) is 0 Å². The number of benzene rings is 2. The number of hydrogen-bond donors (Lipinski definition) is 0. The number of rotatable bonds is 5. The maximum atomic E-state index is 5.70. The summed E-state index contributed by atoms with van der Waals surface area (Å²) in [5, 5.41) is 0. The average Bonchev–Trinajstić information content (AvgIpc) is 2.98. The molecule has 3 rings (SSSR count). The fraction of sp³-hybridized carbons (Fsp3) is 0.235. The van der Waals surface area contributed by atoms with Crippen molar-refractivity contribution in [3.05, 3.63) is 71.8 Å². The molecule has 0 radical (unpaired) electrons. The van der Waals surface area contributed by atoms with Gasteiger partial charge in [0.25, 0.3) is 0 Å². The van der Waals surface area contributed by atoms with Gasteiger partial charge in [-0.25, -0.2) is 4.99 Å². The van der Waals surface area contributed by atoms with E-state index in [0.717, 1.165) is 11.5 Å². The molecule has 1 aliphatic heterocycles. The Morgan fingerprint density at radius 1 is 1.00 bits per heavy atom. The zero-order valence-electron chi connectivity index (χ0n) is 11.2. The van der Waals surface area contributed by atoms with E-state index < -0.39 is 0 Å². The summed E-state index contributed by atoms with van der Waals surface area (Å²) in [5.74, 6) is 0.721. The first-order chi connectivity index (χ1) is 9.92. The van der Waals surface area contributed by atoms with E-state index in [9.17, 15) is 0 Å². The van der Waals surface area contributed by atoms with E-state index in [1.165, 1.54) is 5.56 Å². The summed E-state index contributed by atoms with van der Waals surface area (Å²) in [7, 11) is 0. The smallest absolute Gasteiger partial charge is 0.216 e. The van der Waals surface area contributed by atoms with Gasteiger partial charge in [-0.05, 0) is 17.7 Å². The molecule has 0 saturated carbocycles. The Hall–Kier alpha value is -2.13. The second kappa shape index (κ2) is 6.35. The second-order valence-electron chi connectivity index (χ2n) is 4.77. The quantitative estimate of drug-likeness (QED) is 0.833. The highest BCUT2D eigenvalue weighted by atomic mass is 16.5. The van der Waals surface area contributed by atoms with Crippen molar-refractivity contribution in [2.24, 2.45) is 4.99 Å². The summed E-state index contributed by atoms with van der Waals surface area (Å²) < 4.78 is 11.3. The van der Waals surface area contributed by atoms with Crippen LogP contribution in [0.4, 0.5) is 0 Å². The summed E-state index contributed by atoms with van der Waals surface area (Å²) >= 11 is 0. The molecule has 0 amide bonds. The Kier molecular flexibility index (Phi) is 4.09. The number of ether oxygens (including phenoxy) is 2. The van der Waals surface area contributed by atoms with E-state index in [-0.39, 0.29) is 6.04 Å². The van der Waals surface area contributed by atoms with Crippen LogP contribution < -0.4 is 0 Å². The van der Waals surface area contributed by atoms with Crippen molar-refractivity contribution in [1.82, 2.24) is 0 Å². The summed E-state index contributed by atoms with van der Waals surface area (Å²) in [5.41, 5.74) is 2.21. The highest BCUT2D eigenvalue weighted by Crippen LogP contribution is 2.12. The van der Waals surface area contributed by atoms with Gasteiger partial charge in [-0.15, -0.1) is 0 Å². The monoisotopic (exact) mass is 267 g/mol. The van der Waals surface area contributed by atoms with Gasteiger partial charge in [0.05, 0.1) is 13.2 Å². The molecule has 3 heteroatoms. The lowest BCUT2D eigenvalue weighted by atomic mass is 10.2. The Morgan fingerprint density at radius 3 is 2.45 bits per heavy atom. The third-order valence-electron chi connectivity index (χ3n) is 3.15. The van der Waals surface area contributed by atoms with Crippen LogP contribution in [0.5, 0.6) is 0 Å². The van der Waals surface area contributed by atoms with Gasteiger partial charge in [0, 0.05) is 5.56 Å². The predicted molar refractivity (Wildman–Crippen MR) is 78.8 cm³/mol. The molecule has 0 fully saturated rings. The zero-order chi connectivity index (χ0) is 13.6. The molecule has 0 aromatic heterocycles. The first-order valence-corrected chi connectivity index (χ1v) is 6.79. The van der Waals surface area contributed by atoms with Gasteiger partial charge in [-0.3, -0.25) is 0 Å². The van der Waals surface area contributed by atoms with Crippen molar-refractivity contribution >= 4 is 5.90 Å². The molecule has 0 bridgehead atoms. The Labute approximate surface area is 118 Å². The van der Waals surface area contributed by atoms with E-state index in [0.29, 0.717) is 19.8 Å². The topological polar surface area (TPSA) is 30.8 Å². The van der Waals surface area contributed by atoms with Gasteiger partial charge in [-0.1, -0.05) is 48.5 Å². The molecule has 0 saturated heterocycles.